The van der Waals surface area contributed by atoms with Crippen LogP contribution in [0.3, 0.4) is 0 Å². The number of carboxylic acid groups (broad SMARTS) is 1. The number of carboxylic acids is 1. The second-order valence-electron chi connectivity index (χ2n) is 5.81. The van der Waals surface area contributed by atoms with Crippen LogP contribution in [0.25, 0.3) is 0 Å². The average Bonchev–Trinajstić information content (AvgIpc) is 2.89. The highest BCUT2D eigenvalue weighted by Crippen LogP contribution is 2.24. The van der Waals surface area contributed by atoms with Gasteiger partial charge in [0.15, 0.2) is 0 Å². The van der Waals surface area contributed by atoms with E-state index in [1.807, 2.05) is 19.0 Å². The van der Waals surface area contributed by atoms with Crippen LogP contribution >= 0.6 is 0 Å². The monoisotopic (exact) mass is 305 g/mol. The SMILES string of the molecule is CN(C)C1CCN(S(=O)(=O)N2CCCC(C(=O)O)C2)C1. The van der Waals surface area contributed by atoms with E-state index in [0.717, 1.165) is 6.42 Å². The Morgan fingerprint density at radius 1 is 1.15 bits per heavy atom. The van der Waals surface area contributed by atoms with Gasteiger partial charge >= 0.3 is 5.97 Å². The van der Waals surface area contributed by atoms with Crippen LogP contribution in [0.1, 0.15) is 19.3 Å². The van der Waals surface area contributed by atoms with Gasteiger partial charge in [-0.3, -0.25) is 4.79 Å². The van der Waals surface area contributed by atoms with Crippen molar-refractivity contribution in [2.24, 2.45) is 5.92 Å². The van der Waals surface area contributed by atoms with Gasteiger partial charge in [-0.1, -0.05) is 0 Å². The van der Waals surface area contributed by atoms with E-state index in [0.29, 0.717) is 32.5 Å². The summed E-state index contributed by atoms with van der Waals surface area (Å²) in [6.07, 6.45) is 1.99. The summed E-state index contributed by atoms with van der Waals surface area (Å²) in [7, 11) is 0.375. The van der Waals surface area contributed by atoms with Crippen molar-refractivity contribution in [1.29, 1.82) is 0 Å². The molecule has 2 aliphatic rings. The summed E-state index contributed by atoms with van der Waals surface area (Å²) in [5.74, 6) is -1.48. The predicted molar refractivity (Wildman–Crippen MR) is 74.5 cm³/mol. The van der Waals surface area contributed by atoms with Crippen molar-refractivity contribution in [3.63, 3.8) is 0 Å². The predicted octanol–water partition coefficient (Wildman–Crippen LogP) is -0.336. The Balaban J connectivity index is 2.05. The lowest BCUT2D eigenvalue weighted by molar-refractivity contribution is -0.142. The summed E-state index contributed by atoms with van der Waals surface area (Å²) in [6, 6.07) is 0.241. The van der Waals surface area contributed by atoms with Gasteiger partial charge in [0.05, 0.1) is 5.92 Å². The summed E-state index contributed by atoms with van der Waals surface area (Å²) >= 11 is 0. The molecule has 2 heterocycles. The molecule has 2 fully saturated rings. The highest BCUT2D eigenvalue weighted by Gasteiger charge is 2.39. The quantitative estimate of drug-likeness (QED) is 0.769. The van der Waals surface area contributed by atoms with Crippen molar-refractivity contribution in [3.8, 4) is 0 Å². The molecule has 2 rings (SSSR count). The maximum absolute atomic E-state index is 12.6. The van der Waals surface area contributed by atoms with Gasteiger partial charge in [-0.15, -0.1) is 0 Å². The molecule has 2 unspecified atom stereocenters. The molecule has 0 aromatic carbocycles. The van der Waals surface area contributed by atoms with E-state index in [9.17, 15) is 13.2 Å². The molecule has 2 atom stereocenters. The van der Waals surface area contributed by atoms with E-state index >= 15 is 0 Å². The summed E-state index contributed by atoms with van der Waals surface area (Å²) in [5.41, 5.74) is 0. The third kappa shape index (κ3) is 3.13. The van der Waals surface area contributed by atoms with Crippen LogP contribution in [0.2, 0.25) is 0 Å². The third-order valence-corrected chi connectivity index (χ3v) is 6.21. The van der Waals surface area contributed by atoms with Gasteiger partial charge in [0.2, 0.25) is 0 Å². The number of likely N-dealkylation sites (N-methyl/N-ethyl adjacent to an activating group) is 1. The van der Waals surface area contributed by atoms with Crippen LogP contribution in [-0.2, 0) is 15.0 Å². The minimum Gasteiger partial charge on any atom is -0.481 e. The van der Waals surface area contributed by atoms with Crippen LogP contribution in [0, 0.1) is 5.92 Å². The van der Waals surface area contributed by atoms with E-state index in [1.165, 1.54) is 8.61 Å². The number of piperidine rings is 1. The third-order valence-electron chi connectivity index (χ3n) is 4.24. The molecule has 0 aliphatic carbocycles. The first kappa shape index (κ1) is 15.7. The van der Waals surface area contributed by atoms with E-state index < -0.39 is 22.1 Å². The fourth-order valence-electron chi connectivity index (χ4n) is 2.86. The molecule has 20 heavy (non-hydrogen) atoms. The summed E-state index contributed by atoms with van der Waals surface area (Å²) < 4.78 is 28.0. The van der Waals surface area contributed by atoms with Gasteiger partial charge in [-0.05, 0) is 33.4 Å². The normalized spacial score (nSPS) is 29.9. The summed E-state index contributed by atoms with van der Waals surface area (Å²) in [5, 5.41) is 9.06. The van der Waals surface area contributed by atoms with Crippen molar-refractivity contribution in [1.82, 2.24) is 13.5 Å². The van der Waals surface area contributed by atoms with Crippen LogP contribution in [0.15, 0.2) is 0 Å². The number of hydrogen-bond acceptors (Lipinski definition) is 4. The Morgan fingerprint density at radius 3 is 2.35 bits per heavy atom. The molecule has 116 valence electrons. The highest BCUT2D eigenvalue weighted by molar-refractivity contribution is 7.86. The van der Waals surface area contributed by atoms with E-state index in [2.05, 4.69) is 0 Å². The largest absolute Gasteiger partial charge is 0.481 e. The lowest BCUT2D eigenvalue weighted by atomic mass is 10.0. The maximum Gasteiger partial charge on any atom is 0.307 e. The molecule has 2 saturated heterocycles. The van der Waals surface area contributed by atoms with Crippen molar-refractivity contribution in [2.75, 3.05) is 40.3 Å². The average molecular weight is 305 g/mol. The molecular formula is C12H23N3O4S. The molecule has 0 amide bonds. The second kappa shape index (κ2) is 5.97. The van der Waals surface area contributed by atoms with E-state index in [-0.39, 0.29) is 12.6 Å². The lowest BCUT2D eigenvalue weighted by Gasteiger charge is -2.33. The molecule has 0 bridgehead atoms. The number of hydrogen-bond donors (Lipinski definition) is 1. The maximum atomic E-state index is 12.6. The molecular weight excluding hydrogens is 282 g/mol. The Labute approximate surface area is 120 Å². The standard InChI is InChI=1S/C12H23N3O4S/c1-13(2)11-5-7-15(9-11)20(18,19)14-6-3-4-10(8-14)12(16)17/h10-11H,3-9H2,1-2H3,(H,16,17). The first-order chi connectivity index (χ1) is 9.32. The lowest BCUT2D eigenvalue weighted by Crippen LogP contribution is -2.49. The van der Waals surface area contributed by atoms with Gasteiger partial charge in [-0.25, -0.2) is 0 Å². The van der Waals surface area contributed by atoms with Crippen molar-refractivity contribution >= 4 is 16.2 Å². The fourth-order valence-corrected chi connectivity index (χ4v) is 4.61. The van der Waals surface area contributed by atoms with Crippen molar-refractivity contribution in [2.45, 2.75) is 25.3 Å². The molecule has 0 aromatic rings. The first-order valence-corrected chi connectivity index (χ1v) is 8.36. The van der Waals surface area contributed by atoms with E-state index in [1.54, 1.807) is 0 Å². The smallest absolute Gasteiger partial charge is 0.307 e. The summed E-state index contributed by atoms with van der Waals surface area (Å²) in [4.78, 5) is 13.1. The van der Waals surface area contributed by atoms with Gasteiger partial charge < -0.3 is 10.0 Å². The Hall–Kier alpha value is -0.700. The van der Waals surface area contributed by atoms with E-state index in [4.69, 9.17) is 5.11 Å². The fraction of sp³-hybridized carbons (Fsp3) is 0.917. The van der Waals surface area contributed by atoms with Gasteiger partial charge in [0.25, 0.3) is 10.2 Å². The molecule has 0 aromatic heterocycles. The molecule has 1 N–H and O–H groups in total. The molecule has 0 spiro atoms. The summed E-state index contributed by atoms with van der Waals surface area (Å²) in [6.45, 7) is 1.53. The zero-order valence-electron chi connectivity index (χ0n) is 12.0. The molecule has 7 nitrogen and oxygen atoms in total. The Morgan fingerprint density at radius 2 is 1.80 bits per heavy atom. The first-order valence-electron chi connectivity index (χ1n) is 6.97. The van der Waals surface area contributed by atoms with Crippen molar-refractivity contribution in [3.05, 3.63) is 0 Å². The molecule has 8 heteroatoms. The van der Waals surface area contributed by atoms with Gasteiger partial charge in [0, 0.05) is 32.2 Å². The Bertz CT molecular complexity index is 465. The van der Waals surface area contributed by atoms with Crippen molar-refractivity contribution < 1.29 is 18.3 Å². The van der Waals surface area contributed by atoms with Crippen LogP contribution in [0.5, 0.6) is 0 Å². The zero-order valence-corrected chi connectivity index (χ0v) is 12.8. The topological polar surface area (TPSA) is 81.2 Å². The zero-order chi connectivity index (χ0) is 14.9. The number of carbonyl (C=O) groups is 1. The minimum atomic E-state index is -3.52. The molecule has 0 saturated carbocycles. The molecule has 2 aliphatic heterocycles. The second-order valence-corrected chi connectivity index (χ2v) is 7.74. The van der Waals surface area contributed by atoms with Crippen LogP contribution < -0.4 is 0 Å². The molecule has 0 radical (unpaired) electrons. The van der Waals surface area contributed by atoms with Gasteiger partial charge in [0.1, 0.15) is 0 Å². The number of nitrogens with zero attached hydrogens (tertiary/aromatic N) is 3. The minimum absolute atomic E-state index is 0.0980. The number of rotatable bonds is 4. The number of aliphatic carboxylic acids is 1. The highest BCUT2D eigenvalue weighted by atomic mass is 32.2. The Kier molecular flexibility index (Phi) is 4.68. The van der Waals surface area contributed by atoms with Crippen LogP contribution in [-0.4, -0.2) is 79.3 Å². The van der Waals surface area contributed by atoms with Gasteiger partial charge in [-0.2, -0.15) is 17.0 Å². The van der Waals surface area contributed by atoms with Crippen LogP contribution in [0.4, 0.5) is 0 Å².